The lowest BCUT2D eigenvalue weighted by atomic mass is 10.0. The molecule has 7 heteroatoms. The molecule has 0 spiro atoms. The van der Waals surface area contributed by atoms with E-state index >= 15 is 0 Å². The number of phenols is 1. The van der Waals surface area contributed by atoms with E-state index < -0.39 is 11.9 Å². The zero-order chi connectivity index (χ0) is 23.0. The van der Waals surface area contributed by atoms with Crippen LogP contribution in [0.5, 0.6) is 5.75 Å². The van der Waals surface area contributed by atoms with Crippen LogP contribution >= 0.6 is 0 Å². The van der Waals surface area contributed by atoms with Crippen LogP contribution in [0.3, 0.4) is 0 Å². The first-order chi connectivity index (χ1) is 16.1. The van der Waals surface area contributed by atoms with Crippen LogP contribution in [0.25, 0.3) is 0 Å². The summed E-state index contributed by atoms with van der Waals surface area (Å²) < 4.78 is 0. The maximum atomic E-state index is 13.6. The second-order valence-electron chi connectivity index (χ2n) is 7.30. The summed E-state index contributed by atoms with van der Waals surface area (Å²) in [6.45, 7) is 0.302. The lowest BCUT2D eigenvalue weighted by Gasteiger charge is -2.31. The number of phenolic OH excluding ortho intramolecular Hbond substituents is 1. The van der Waals surface area contributed by atoms with Gasteiger partial charge in [0.2, 0.25) is 5.91 Å². The zero-order valence-corrected chi connectivity index (χ0v) is 17.7. The van der Waals surface area contributed by atoms with Crippen LogP contribution in [-0.2, 0) is 11.3 Å². The molecular formula is C26H22N4O3. The summed E-state index contributed by atoms with van der Waals surface area (Å²) in [7, 11) is 0. The normalized spacial score (nSPS) is 11.4. The molecule has 0 bridgehead atoms. The predicted molar refractivity (Wildman–Crippen MR) is 124 cm³/mol. The molecule has 2 N–H and O–H groups in total. The number of rotatable bonds is 7. The summed E-state index contributed by atoms with van der Waals surface area (Å²) in [6.07, 6.45) is 4.28. The summed E-state index contributed by atoms with van der Waals surface area (Å²) in [6, 6.07) is 23.7. The number of nitrogens with zero attached hydrogens (tertiary/aromatic N) is 3. The Morgan fingerprint density at radius 2 is 1.55 bits per heavy atom. The molecular weight excluding hydrogens is 416 g/mol. The second kappa shape index (κ2) is 10.2. The van der Waals surface area contributed by atoms with Gasteiger partial charge in [0, 0.05) is 24.6 Å². The number of aromatic hydroxyl groups is 1. The maximum absolute atomic E-state index is 13.6. The van der Waals surface area contributed by atoms with Gasteiger partial charge in [-0.05, 0) is 35.4 Å². The zero-order valence-electron chi connectivity index (χ0n) is 17.7. The predicted octanol–water partition coefficient (Wildman–Crippen LogP) is 3.89. The second-order valence-corrected chi connectivity index (χ2v) is 7.30. The van der Waals surface area contributed by atoms with Gasteiger partial charge in [0.25, 0.3) is 5.91 Å². The van der Waals surface area contributed by atoms with Crippen molar-refractivity contribution in [2.45, 2.75) is 12.6 Å². The highest BCUT2D eigenvalue weighted by Gasteiger charge is 2.34. The van der Waals surface area contributed by atoms with Crippen molar-refractivity contribution in [1.82, 2.24) is 15.3 Å². The van der Waals surface area contributed by atoms with Gasteiger partial charge in [-0.3, -0.25) is 19.5 Å². The molecule has 164 valence electrons. The third kappa shape index (κ3) is 5.22. The van der Waals surface area contributed by atoms with Gasteiger partial charge in [0.05, 0.1) is 6.20 Å². The van der Waals surface area contributed by atoms with E-state index in [9.17, 15) is 14.7 Å². The van der Waals surface area contributed by atoms with Gasteiger partial charge in [0.15, 0.2) is 0 Å². The van der Waals surface area contributed by atoms with E-state index in [1.807, 2.05) is 36.4 Å². The Morgan fingerprint density at radius 3 is 2.18 bits per heavy atom. The van der Waals surface area contributed by atoms with Crippen molar-refractivity contribution in [1.29, 1.82) is 0 Å². The minimum atomic E-state index is -1.01. The standard InChI is InChI=1S/C26H22N4O3/c31-22-13-11-20(12-14-22)24(25(32)29-17-19-7-3-1-4-8-19)30(21-9-5-2-6-10-21)26(33)23-18-27-15-16-28-23/h1-16,18,24,31H,17H2,(H,29,32)/t24-/m0/s1. The first-order valence-corrected chi connectivity index (χ1v) is 10.4. The first-order valence-electron chi connectivity index (χ1n) is 10.4. The molecule has 0 radical (unpaired) electrons. The summed E-state index contributed by atoms with van der Waals surface area (Å²) in [4.78, 5) is 36.7. The SMILES string of the molecule is O=C(NCc1ccccc1)[C@H](c1ccc(O)cc1)N(C(=O)c1cnccn1)c1ccccc1. The van der Waals surface area contributed by atoms with Crippen LogP contribution in [0.1, 0.15) is 27.7 Å². The van der Waals surface area contributed by atoms with E-state index in [1.165, 1.54) is 35.6 Å². The summed E-state index contributed by atoms with van der Waals surface area (Å²) in [5.74, 6) is -0.776. The van der Waals surface area contributed by atoms with Crippen LogP contribution in [0.2, 0.25) is 0 Å². The number of benzene rings is 3. The maximum Gasteiger partial charge on any atom is 0.279 e. The Balaban J connectivity index is 1.76. The van der Waals surface area contributed by atoms with Crippen molar-refractivity contribution in [3.05, 3.63) is 120 Å². The molecule has 0 aliphatic rings. The van der Waals surface area contributed by atoms with Crippen LogP contribution in [0, 0.1) is 0 Å². The molecule has 0 fully saturated rings. The van der Waals surface area contributed by atoms with Crippen molar-refractivity contribution < 1.29 is 14.7 Å². The van der Waals surface area contributed by atoms with E-state index in [2.05, 4.69) is 15.3 Å². The molecule has 0 aliphatic carbocycles. The molecule has 1 atom stereocenters. The number of carbonyl (C=O) groups excluding carboxylic acids is 2. The summed E-state index contributed by atoms with van der Waals surface area (Å²) in [5.41, 5.74) is 2.11. The van der Waals surface area contributed by atoms with Gasteiger partial charge in [-0.25, -0.2) is 4.98 Å². The fraction of sp³-hybridized carbons (Fsp3) is 0.0769. The molecule has 0 saturated carbocycles. The van der Waals surface area contributed by atoms with Gasteiger partial charge in [0.1, 0.15) is 17.5 Å². The van der Waals surface area contributed by atoms with Gasteiger partial charge in [-0.15, -0.1) is 0 Å². The average Bonchev–Trinajstić information content (AvgIpc) is 2.88. The minimum Gasteiger partial charge on any atom is -0.508 e. The van der Waals surface area contributed by atoms with Crippen molar-refractivity contribution in [3.8, 4) is 5.75 Å². The number of anilines is 1. The first kappa shape index (κ1) is 21.7. The molecule has 1 aromatic heterocycles. The summed E-state index contributed by atoms with van der Waals surface area (Å²) >= 11 is 0. The minimum absolute atomic E-state index is 0.0636. The van der Waals surface area contributed by atoms with Crippen molar-refractivity contribution >= 4 is 17.5 Å². The topological polar surface area (TPSA) is 95.4 Å². The van der Waals surface area contributed by atoms with Crippen molar-refractivity contribution in [2.24, 2.45) is 0 Å². The quantitative estimate of drug-likeness (QED) is 0.457. The van der Waals surface area contributed by atoms with Gasteiger partial charge < -0.3 is 10.4 Å². The summed E-state index contributed by atoms with van der Waals surface area (Å²) in [5, 5.41) is 12.7. The number of aromatic nitrogens is 2. The van der Waals surface area contributed by atoms with Crippen LogP contribution in [-0.4, -0.2) is 26.9 Å². The Labute approximate surface area is 191 Å². The fourth-order valence-electron chi connectivity index (χ4n) is 3.46. The van der Waals surface area contributed by atoms with Crippen LogP contribution < -0.4 is 10.2 Å². The number of amides is 2. The Bertz CT molecular complexity index is 1200. The Hall–Kier alpha value is -4.52. The molecule has 2 amide bonds. The smallest absolute Gasteiger partial charge is 0.279 e. The van der Waals surface area contributed by atoms with E-state index in [4.69, 9.17) is 0 Å². The Morgan fingerprint density at radius 1 is 0.879 bits per heavy atom. The molecule has 0 saturated heterocycles. The average molecular weight is 438 g/mol. The third-order valence-electron chi connectivity index (χ3n) is 5.06. The highest BCUT2D eigenvalue weighted by Crippen LogP contribution is 2.30. The Kier molecular flexibility index (Phi) is 6.70. The molecule has 4 aromatic rings. The number of para-hydroxylation sites is 1. The number of hydrogen-bond acceptors (Lipinski definition) is 5. The van der Waals surface area contributed by atoms with E-state index in [-0.39, 0.29) is 17.4 Å². The van der Waals surface area contributed by atoms with E-state index in [0.29, 0.717) is 17.8 Å². The number of nitrogens with one attached hydrogen (secondary N) is 1. The number of hydrogen-bond donors (Lipinski definition) is 2. The van der Waals surface area contributed by atoms with Crippen molar-refractivity contribution in [2.75, 3.05) is 4.90 Å². The van der Waals surface area contributed by atoms with E-state index in [0.717, 1.165) is 5.56 Å². The molecule has 33 heavy (non-hydrogen) atoms. The highest BCUT2D eigenvalue weighted by molar-refractivity contribution is 6.09. The van der Waals surface area contributed by atoms with Gasteiger partial charge in [-0.1, -0.05) is 60.7 Å². The lowest BCUT2D eigenvalue weighted by molar-refractivity contribution is -0.122. The lowest BCUT2D eigenvalue weighted by Crippen LogP contribution is -2.44. The van der Waals surface area contributed by atoms with E-state index in [1.54, 1.807) is 36.4 Å². The van der Waals surface area contributed by atoms with Crippen molar-refractivity contribution in [3.63, 3.8) is 0 Å². The fourth-order valence-corrected chi connectivity index (χ4v) is 3.46. The monoisotopic (exact) mass is 438 g/mol. The molecule has 0 aliphatic heterocycles. The highest BCUT2D eigenvalue weighted by atomic mass is 16.3. The third-order valence-corrected chi connectivity index (χ3v) is 5.06. The molecule has 4 rings (SSSR count). The molecule has 7 nitrogen and oxygen atoms in total. The van der Waals surface area contributed by atoms with Gasteiger partial charge >= 0.3 is 0 Å². The van der Waals surface area contributed by atoms with Gasteiger partial charge in [-0.2, -0.15) is 0 Å². The molecule has 0 unspecified atom stereocenters. The van der Waals surface area contributed by atoms with Crippen LogP contribution in [0.4, 0.5) is 5.69 Å². The van der Waals surface area contributed by atoms with Crippen LogP contribution in [0.15, 0.2) is 104 Å². The molecule has 3 aromatic carbocycles. The molecule has 1 heterocycles. The largest absolute Gasteiger partial charge is 0.508 e. The number of carbonyl (C=O) groups is 2.